The van der Waals surface area contributed by atoms with Crippen molar-refractivity contribution in [3.8, 4) is 0 Å². The van der Waals surface area contributed by atoms with Crippen LogP contribution in [0.15, 0.2) is 43.0 Å². The fourth-order valence-corrected chi connectivity index (χ4v) is 4.16. The maximum Gasteiger partial charge on any atom is 0.326 e. The second kappa shape index (κ2) is 13.4. The van der Waals surface area contributed by atoms with Crippen molar-refractivity contribution < 1.29 is 34.2 Å². The summed E-state index contributed by atoms with van der Waals surface area (Å²) < 4.78 is 0. The number of imidazole rings is 1. The summed E-state index contributed by atoms with van der Waals surface area (Å²) in [6, 6.07) is 2.27. The molecular weight excluding hydrogens is 522 g/mol. The van der Waals surface area contributed by atoms with Gasteiger partial charge >= 0.3 is 11.9 Å². The van der Waals surface area contributed by atoms with Crippen molar-refractivity contribution in [1.82, 2.24) is 30.9 Å². The van der Waals surface area contributed by atoms with E-state index in [0.717, 1.165) is 10.9 Å². The van der Waals surface area contributed by atoms with Gasteiger partial charge in [0.15, 0.2) is 0 Å². The predicted octanol–water partition coefficient (Wildman–Crippen LogP) is -0.327. The van der Waals surface area contributed by atoms with Gasteiger partial charge in [-0.15, -0.1) is 0 Å². The lowest BCUT2D eigenvalue weighted by atomic mass is 9.99. The second-order valence-corrected chi connectivity index (χ2v) is 9.74. The normalized spacial score (nSPS) is 14.2. The standard InChI is InChI=1S/C26H33N7O7/c1-13(2)22(25(38)32-20(26(39)40)8-15-11-28-12-30-15)33-24(37)19(31-23(36)17(27)9-21(34)35)7-14-10-29-18-6-4-3-5-16(14)18/h3-6,10-13,17,19-20,22,29H,7-9,27H2,1-2H3,(H,28,30)(H,31,36)(H,32,38)(H,33,37)(H,34,35)(H,39,40). The number of aromatic nitrogens is 3. The summed E-state index contributed by atoms with van der Waals surface area (Å²) in [5, 5.41) is 27.0. The molecule has 0 saturated carbocycles. The lowest BCUT2D eigenvalue weighted by molar-refractivity contribution is -0.142. The van der Waals surface area contributed by atoms with Gasteiger partial charge in [0.25, 0.3) is 0 Å². The molecule has 3 amide bonds. The third-order valence-corrected chi connectivity index (χ3v) is 6.30. The fraction of sp³-hybridized carbons (Fsp3) is 0.385. The Bertz CT molecular complexity index is 1350. The highest BCUT2D eigenvalue weighted by Gasteiger charge is 2.32. The molecule has 40 heavy (non-hydrogen) atoms. The maximum atomic E-state index is 13.5. The lowest BCUT2D eigenvalue weighted by Crippen LogP contribution is -2.59. The van der Waals surface area contributed by atoms with Crippen molar-refractivity contribution >= 4 is 40.6 Å². The molecule has 0 saturated heterocycles. The van der Waals surface area contributed by atoms with Gasteiger partial charge in [-0.1, -0.05) is 32.0 Å². The number of H-pyrrole nitrogens is 2. The molecule has 4 unspecified atom stereocenters. The Kier molecular flexibility index (Phi) is 9.97. The van der Waals surface area contributed by atoms with Crippen LogP contribution in [0.1, 0.15) is 31.5 Å². The van der Waals surface area contributed by atoms with Crippen LogP contribution in [0.3, 0.4) is 0 Å². The average molecular weight is 556 g/mol. The molecule has 9 N–H and O–H groups in total. The van der Waals surface area contributed by atoms with Crippen LogP contribution in [0.25, 0.3) is 10.9 Å². The molecule has 2 aromatic heterocycles. The van der Waals surface area contributed by atoms with Gasteiger partial charge in [-0.3, -0.25) is 19.2 Å². The first kappa shape index (κ1) is 29.8. The number of para-hydroxylation sites is 1. The smallest absolute Gasteiger partial charge is 0.326 e. The number of carbonyl (C=O) groups excluding carboxylic acids is 3. The van der Waals surface area contributed by atoms with Crippen LogP contribution in [-0.4, -0.2) is 79.0 Å². The van der Waals surface area contributed by atoms with Gasteiger partial charge in [0.05, 0.1) is 18.8 Å². The lowest BCUT2D eigenvalue weighted by Gasteiger charge is -2.27. The Morgan fingerprint density at radius 2 is 1.62 bits per heavy atom. The molecule has 0 aliphatic carbocycles. The highest BCUT2D eigenvalue weighted by atomic mass is 16.4. The predicted molar refractivity (Wildman–Crippen MR) is 143 cm³/mol. The van der Waals surface area contributed by atoms with Gasteiger partial charge in [-0.05, 0) is 17.5 Å². The van der Waals surface area contributed by atoms with Gasteiger partial charge in [-0.25, -0.2) is 9.78 Å². The van der Waals surface area contributed by atoms with E-state index < -0.39 is 66.2 Å². The van der Waals surface area contributed by atoms with Crippen LogP contribution >= 0.6 is 0 Å². The van der Waals surface area contributed by atoms with E-state index in [0.29, 0.717) is 11.3 Å². The van der Waals surface area contributed by atoms with Crippen LogP contribution in [0.2, 0.25) is 0 Å². The number of rotatable bonds is 14. The van der Waals surface area contributed by atoms with Crippen LogP contribution in [0.4, 0.5) is 0 Å². The summed E-state index contributed by atoms with van der Waals surface area (Å²) >= 11 is 0. The number of benzene rings is 1. The summed E-state index contributed by atoms with van der Waals surface area (Å²) in [6.07, 6.45) is 3.82. The number of carboxylic acids is 2. The molecule has 0 radical (unpaired) electrons. The van der Waals surface area contributed by atoms with E-state index in [1.807, 2.05) is 24.3 Å². The first-order chi connectivity index (χ1) is 19.0. The topological polar surface area (TPSA) is 232 Å². The third kappa shape index (κ3) is 7.89. The summed E-state index contributed by atoms with van der Waals surface area (Å²) in [4.78, 5) is 71.8. The van der Waals surface area contributed by atoms with Crippen molar-refractivity contribution in [2.24, 2.45) is 11.7 Å². The van der Waals surface area contributed by atoms with Gasteiger partial charge in [-0.2, -0.15) is 0 Å². The zero-order valence-electron chi connectivity index (χ0n) is 22.0. The summed E-state index contributed by atoms with van der Waals surface area (Å²) in [5.74, 6) is -5.30. The number of fused-ring (bicyclic) bond motifs is 1. The minimum Gasteiger partial charge on any atom is -0.481 e. The molecule has 3 rings (SSSR count). The first-order valence-corrected chi connectivity index (χ1v) is 12.6. The highest BCUT2D eigenvalue weighted by molar-refractivity contribution is 5.95. The Balaban J connectivity index is 1.80. The molecule has 214 valence electrons. The molecular formula is C26H33N7O7. The van der Waals surface area contributed by atoms with Crippen LogP contribution in [0, 0.1) is 5.92 Å². The molecule has 2 heterocycles. The van der Waals surface area contributed by atoms with Gasteiger partial charge in [0.2, 0.25) is 17.7 Å². The van der Waals surface area contributed by atoms with E-state index in [1.54, 1.807) is 20.0 Å². The van der Waals surface area contributed by atoms with E-state index >= 15 is 0 Å². The molecule has 0 bridgehead atoms. The average Bonchev–Trinajstić information content (AvgIpc) is 3.55. The highest BCUT2D eigenvalue weighted by Crippen LogP contribution is 2.19. The number of carboxylic acid groups (broad SMARTS) is 2. The number of amides is 3. The van der Waals surface area contributed by atoms with Crippen molar-refractivity contribution in [1.29, 1.82) is 0 Å². The fourth-order valence-electron chi connectivity index (χ4n) is 4.16. The molecule has 4 atom stereocenters. The van der Waals surface area contributed by atoms with E-state index in [9.17, 15) is 29.1 Å². The maximum absolute atomic E-state index is 13.5. The third-order valence-electron chi connectivity index (χ3n) is 6.30. The van der Waals surface area contributed by atoms with Gasteiger partial charge in [0.1, 0.15) is 18.1 Å². The van der Waals surface area contributed by atoms with Crippen LogP contribution < -0.4 is 21.7 Å². The minimum atomic E-state index is -1.40. The van der Waals surface area contributed by atoms with E-state index in [2.05, 4.69) is 30.9 Å². The number of aromatic amines is 2. The zero-order valence-corrected chi connectivity index (χ0v) is 22.0. The van der Waals surface area contributed by atoms with Crippen LogP contribution in [-0.2, 0) is 36.8 Å². The minimum absolute atomic E-state index is 0.00534. The monoisotopic (exact) mass is 555 g/mol. The molecule has 0 spiro atoms. The number of nitrogens with zero attached hydrogens (tertiary/aromatic N) is 1. The molecule has 1 aromatic carbocycles. The number of carbonyl (C=O) groups is 5. The van der Waals surface area contributed by atoms with Crippen molar-refractivity contribution in [3.63, 3.8) is 0 Å². The molecule has 0 fully saturated rings. The second-order valence-electron chi connectivity index (χ2n) is 9.74. The number of hydrogen-bond donors (Lipinski definition) is 8. The molecule has 0 aliphatic heterocycles. The Morgan fingerprint density at radius 1 is 0.925 bits per heavy atom. The molecule has 0 aliphatic rings. The Hall–Kier alpha value is -4.72. The Labute approximate surface area is 229 Å². The first-order valence-electron chi connectivity index (χ1n) is 12.6. The van der Waals surface area contributed by atoms with Gasteiger partial charge in [0, 0.05) is 41.8 Å². The van der Waals surface area contributed by atoms with Crippen molar-refractivity contribution in [2.45, 2.75) is 57.3 Å². The van der Waals surface area contributed by atoms with Crippen LogP contribution in [0.5, 0.6) is 0 Å². The summed E-state index contributed by atoms with van der Waals surface area (Å²) in [7, 11) is 0. The van der Waals surface area contributed by atoms with E-state index in [-0.39, 0.29) is 12.8 Å². The van der Waals surface area contributed by atoms with E-state index in [4.69, 9.17) is 10.8 Å². The van der Waals surface area contributed by atoms with E-state index in [1.165, 1.54) is 12.5 Å². The quantitative estimate of drug-likeness (QED) is 0.130. The molecule has 3 aromatic rings. The Morgan fingerprint density at radius 3 is 2.25 bits per heavy atom. The number of hydrogen-bond acceptors (Lipinski definition) is 7. The van der Waals surface area contributed by atoms with Crippen molar-refractivity contribution in [3.05, 3.63) is 54.2 Å². The molecule has 14 heteroatoms. The molecule has 14 nitrogen and oxygen atoms in total. The summed E-state index contributed by atoms with van der Waals surface area (Å²) in [5.41, 5.74) is 7.71. The number of nitrogens with one attached hydrogen (secondary N) is 5. The zero-order chi connectivity index (χ0) is 29.4. The number of nitrogens with two attached hydrogens (primary N) is 1. The van der Waals surface area contributed by atoms with Gasteiger partial charge < -0.3 is 41.9 Å². The summed E-state index contributed by atoms with van der Waals surface area (Å²) in [6.45, 7) is 3.34. The SMILES string of the molecule is CC(C)C(NC(=O)C(Cc1c[nH]c2ccccc12)NC(=O)C(N)CC(=O)O)C(=O)NC(Cc1cnc[nH]1)C(=O)O. The number of aliphatic carboxylic acids is 2. The van der Waals surface area contributed by atoms with Crippen molar-refractivity contribution in [2.75, 3.05) is 0 Å². The largest absolute Gasteiger partial charge is 0.481 e.